The molecule has 1 saturated heterocycles. The summed E-state index contributed by atoms with van der Waals surface area (Å²) in [4.78, 5) is 34.7. The Kier molecular flexibility index (Phi) is 6.87. The lowest BCUT2D eigenvalue weighted by Crippen LogP contribution is -2.48. The maximum Gasteiger partial charge on any atom is 0.256 e. The Morgan fingerprint density at radius 3 is 2.50 bits per heavy atom. The van der Waals surface area contributed by atoms with Gasteiger partial charge in [-0.2, -0.15) is 5.26 Å². The number of amides is 2. The van der Waals surface area contributed by atoms with Crippen LogP contribution >= 0.6 is 0 Å². The fourth-order valence-electron chi connectivity index (χ4n) is 5.06. The molecule has 5 rings (SSSR count). The molecule has 2 aliphatic heterocycles. The Labute approximate surface area is 223 Å². The van der Waals surface area contributed by atoms with Gasteiger partial charge >= 0.3 is 0 Å². The second kappa shape index (κ2) is 10.3. The largest absolute Gasteiger partial charge is 0.353 e. The van der Waals surface area contributed by atoms with Crippen molar-refractivity contribution >= 4 is 29.0 Å². The van der Waals surface area contributed by atoms with Crippen molar-refractivity contribution in [3.63, 3.8) is 0 Å². The number of piperazine rings is 1. The molecule has 2 aromatic carbocycles. The van der Waals surface area contributed by atoms with Gasteiger partial charge in [0.2, 0.25) is 5.91 Å². The lowest BCUT2D eigenvalue weighted by atomic mass is 9.89. The van der Waals surface area contributed by atoms with Gasteiger partial charge in [0.05, 0.1) is 23.5 Å². The topological polar surface area (TPSA) is 101 Å². The molecule has 8 heteroatoms. The van der Waals surface area contributed by atoms with Crippen LogP contribution in [0.5, 0.6) is 0 Å². The molecule has 2 amide bonds. The number of fused-ring (bicyclic) bond motifs is 2. The summed E-state index contributed by atoms with van der Waals surface area (Å²) in [5.74, 6) is 0.439. The van der Waals surface area contributed by atoms with Gasteiger partial charge in [-0.05, 0) is 35.7 Å². The molecule has 0 spiro atoms. The molecule has 194 valence electrons. The number of pyridine rings is 1. The van der Waals surface area contributed by atoms with Gasteiger partial charge in [0.1, 0.15) is 11.9 Å². The highest BCUT2D eigenvalue weighted by Gasteiger charge is 2.34. The van der Waals surface area contributed by atoms with Gasteiger partial charge in [-0.15, -0.1) is 0 Å². The predicted octanol–water partition coefficient (Wildman–Crippen LogP) is 4.81. The van der Waals surface area contributed by atoms with E-state index < -0.39 is 5.41 Å². The van der Waals surface area contributed by atoms with Crippen molar-refractivity contribution in [3.05, 3.63) is 83.0 Å². The third-order valence-corrected chi connectivity index (χ3v) is 7.73. The van der Waals surface area contributed by atoms with Crippen LogP contribution in [0.3, 0.4) is 0 Å². The van der Waals surface area contributed by atoms with E-state index in [0.29, 0.717) is 42.1 Å². The first-order valence-electron chi connectivity index (χ1n) is 13.0. The minimum Gasteiger partial charge on any atom is -0.353 e. The molecule has 0 radical (unpaired) electrons. The molecular weight excluding hydrogens is 476 g/mol. The average Bonchev–Trinajstić information content (AvgIpc) is 3.07. The molecule has 8 nitrogen and oxygen atoms in total. The van der Waals surface area contributed by atoms with E-state index in [9.17, 15) is 14.9 Å². The van der Waals surface area contributed by atoms with Crippen molar-refractivity contribution in [2.24, 2.45) is 5.41 Å². The number of nitrogens with zero attached hydrogens (tertiary/aromatic N) is 4. The van der Waals surface area contributed by atoms with Crippen molar-refractivity contribution in [3.8, 4) is 6.07 Å². The van der Waals surface area contributed by atoms with Crippen LogP contribution in [-0.2, 0) is 4.79 Å². The minimum absolute atomic E-state index is 0.0635. The van der Waals surface area contributed by atoms with Crippen molar-refractivity contribution < 1.29 is 9.59 Å². The fourth-order valence-corrected chi connectivity index (χ4v) is 5.06. The van der Waals surface area contributed by atoms with Crippen molar-refractivity contribution in [1.82, 2.24) is 9.88 Å². The number of nitrogens with one attached hydrogen (secondary N) is 2. The number of hydrogen-bond donors (Lipinski definition) is 2. The van der Waals surface area contributed by atoms with E-state index in [2.05, 4.69) is 37.6 Å². The SMILES string of the molecule is CCC(C)(C)C(=O)Nc1cnc(N2CCN(C3c4ccccc4NC(=O)c4ccccc43)CC2)c(C#N)c1. The summed E-state index contributed by atoms with van der Waals surface area (Å²) < 4.78 is 0. The molecular formula is C30H32N6O2. The summed E-state index contributed by atoms with van der Waals surface area (Å²) in [5.41, 5.74) is 4.05. The zero-order valence-corrected chi connectivity index (χ0v) is 22.0. The molecule has 0 bridgehead atoms. The number of hydrogen-bond acceptors (Lipinski definition) is 6. The van der Waals surface area contributed by atoms with E-state index in [0.717, 1.165) is 29.9 Å². The average molecular weight is 509 g/mol. The van der Waals surface area contributed by atoms with Gasteiger partial charge in [0, 0.05) is 42.8 Å². The summed E-state index contributed by atoms with van der Waals surface area (Å²) in [6, 6.07) is 19.7. The number of anilines is 3. The zero-order chi connectivity index (χ0) is 26.9. The van der Waals surface area contributed by atoms with E-state index in [1.165, 1.54) is 0 Å². The highest BCUT2D eigenvalue weighted by molar-refractivity contribution is 6.07. The van der Waals surface area contributed by atoms with E-state index in [4.69, 9.17) is 0 Å². The number of carbonyl (C=O) groups is 2. The quantitative estimate of drug-likeness (QED) is 0.513. The van der Waals surface area contributed by atoms with Gasteiger partial charge in [0.25, 0.3) is 5.91 Å². The minimum atomic E-state index is -0.503. The first-order chi connectivity index (χ1) is 18.3. The Morgan fingerprint density at radius 2 is 1.79 bits per heavy atom. The van der Waals surface area contributed by atoms with Crippen LogP contribution < -0.4 is 15.5 Å². The molecule has 0 saturated carbocycles. The van der Waals surface area contributed by atoms with Crippen LogP contribution in [0.15, 0.2) is 60.8 Å². The number of nitriles is 1. The Balaban J connectivity index is 1.37. The molecule has 1 aromatic heterocycles. The molecule has 1 unspecified atom stereocenters. The number of para-hydroxylation sites is 1. The van der Waals surface area contributed by atoms with Crippen LogP contribution in [0, 0.1) is 16.7 Å². The number of rotatable bonds is 5. The van der Waals surface area contributed by atoms with E-state index in [1.54, 1.807) is 12.3 Å². The van der Waals surface area contributed by atoms with Crippen molar-refractivity contribution in [2.45, 2.75) is 33.2 Å². The molecule has 3 aromatic rings. The lowest BCUT2D eigenvalue weighted by Gasteiger charge is -2.40. The van der Waals surface area contributed by atoms with E-state index >= 15 is 0 Å². The van der Waals surface area contributed by atoms with Crippen LogP contribution in [0.4, 0.5) is 17.2 Å². The Hall–Kier alpha value is -4.22. The number of benzene rings is 2. The number of aromatic nitrogens is 1. The van der Waals surface area contributed by atoms with Crippen LogP contribution in [0.2, 0.25) is 0 Å². The molecule has 1 fully saturated rings. The second-order valence-corrected chi connectivity index (χ2v) is 10.5. The van der Waals surface area contributed by atoms with E-state index in [1.807, 2.05) is 63.2 Å². The molecule has 0 aliphatic carbocycles. The highest BCUT2D eigenvalue weighted by atomic mass is 16.2. The third kappa shape index (κ3) is 4.73. The summed E-state index contributed by atoms with van der Waals surface area (Å²) in [7, 11) is 0. The highest BCUT2D eigenvalue weighted by Crippen LogP contribution is 2.39. The Bertz CT molecular complexity index is 1420. The lowest BCUT2D eigenvalue weighted by molar-refractivity contribution is -0.124. The van der Waals surface area contributed by atoms with Crippen LogP contribution in [-0.4, -0.2) is 47.9 Å². The standard InChI is InChI=1S/C30H32N6O2/c1-4-30(2,3)29(38)33-21-17-20(18-31)27(32-19-21)36-15-13-35(14-16-36)26-22-9-5-6-10-23(22)28(37)34-25-12-8-7-11-24(25)26/h5-12,17,19,26H,4,13-16H2,1-3H3,(H,33,38)(H,34,37). The monoisotopic (exact) mass is 508 g/mol. The third-order valence-electron chi connectivity index (χ3n) is 7.73. The first kappa shape index (κ1) is 25.4. The van der Waals surface area contributed by atoms with Gasteiger partial charge in [-0.3, -0.25) is 14.5 Å². The van der Waals surface area contributed by atoms with Crippen molar-refractivity contribution in [2.75, 3.05) is 41.7 Å². The van der Waals surface area contributed by atoms with Gasteiger partial charge in [0.15, 0.2) is 0 Å². The summed E-state index contributed by atoms with van der Waals surface area (Å²) in [5, 5.41) is 15.8. The van der Waals surface area contributed by atoms with Crippen LogP contribution in [0.25, 0.3) is 0 Å². The molecule has 2 N–H and O–H groups in total. The van der Waals surface area contributed by atoms with Crippen LogP contribution in [0.1, 0.15) is 60.3 Å². The normalized spacial score (nSPS) is 17.5. The molecule has 2 aliphatic rings. The van der Waals surface area contributed by atoms with Gasteiger partial charge in [-0.25, -0.2) is 4.98 Å². The maximum atomic E-state index is 13.0. The fraction of sp³-hybridized carbons (Fsp3) is 0.333. The molecule has 38 heavy (non-hydrogen) atoms. The van der Waals surface area contributed by atoms with Gasteiger partial charge in [-0.1, -0.05) is 57.2 Å². The Morgan fingerprint density at radius 1 is 1.11 bits per heavy atom. The molecule has 1 atom stereocenters. The summed E-state index contributed by atoms with van der Waals surface area (Å²) in [6.07, 6.45) is 2.33. The zero-order valence-electron chi connectivity index (χ0n) is 22.0. The van der Waals surface area contributed by atoms with Crippen molar-refractivity contribution in [1.29, 1.82) is 5.26 Å². The number of carbonyl (C=O) groups excluding carboxylic acids is 2. The first-order valence-corrected chi connectivity index (χ1v) is 13.0. The second-order valence-electron chi connectivity index (χ2n) is 10.5. The maximum absolute atomic E-state index is 13.0. The predicted molar refractivity (Wildman–Crippen MR) is 148 cm³/mol. The summed E-state index contributed by atoms with van der Waals surface area (Å²) in [6.45, 7) is 8.59. The smallest absolute Gasteiger partial charge is 0.256 e. The van der Waals surface area contributed by atoms with Gasteiger partial charge < -0.3 is 15.5 Å². The molecule has 3 heterocycles. The van der Waals surface area contributed by atoms with E-state index in [-0.39, 0.29) is 17.9 Å². The summed E-state index contributed by atoms with van der Waals surface area (Å²) >= 11 is 0.